The van der Waals surface area contributed by atoms with Crippen molar-refractivity contribution < 1.29 is 5.11 Å². The summed E-state index contributed by atoms with van der Waals surface area (Å²) in [6, 6.07) is 12.3. The molecule has 19 heavy (non-hydrogen) atoms. The van der Waals surface area contributed by atoms with Crippen LogP contribution in [0.1, 0.15) is 11.6 Å². The number of nitrogens with one attached hydrogen (secondary N) is 1. The molecule has 2 aromatic carbocycles. The highest BCUT2D eigenvalue weighted by atomic mass is 35.5. The fourth-order valence-corrected chi connectivity index (χ4v) is 2.42. The number of aliphatic hydroxyl groups excluding tert-OH is 1. The van der Waals surface area contributed by atoms with Gasteiger partial charge in [-0.15, -0.1) is 0 Å². The Balaban J connectivity index is 2.28. The lowest BCUT2D eigenvalue weighted by atomic mass is 10.1. The molecule has 2 nitrogen and oxygen atoms in total. The second-order valence-electron chi connectivity index (χ2n) is 4.03. The van der Waals surface area contributed by atoms with E-state index in [1.54, 1.807) is 24.3 Å². The quantitative estimate of drug-likeness (QED) is 0.850. The minimum atomic E-state index is -0.343. The maximum absolute atomic E-state index is 9.53. The summed E-state index contributed by atoms with van der Waals surface area (Å²) in [6.07, 6.45) is 0. The van der Waals surface area contributed by atoms with E-state index in [-0.39, 0.29) is 12.6 Å². The first-order valence-corrected chi connectivity index (χ1v) is 6.82. The SMILES string of the molecule is OCC(Nc1cccc(Cl)c1)c1cccc(Cl)c1Cl. The molecule has 0 bridgehead atoms. The predicted octanol–water partition coefficient (Wildman–Crippen LogP) is 4.79. The van der Waals surface area contributed by atoms with Gasteiger partial charge in [0, 0.05) is 10.7 Å². The maximum atomic E-state index is 9.53. The van der Waals surface area contributed by atoms with E-state index in [4.69, 9.17) is 34.8 Å². The van der Waals surface area contributed by atoms with Crippen LogP contribution in [0.15, 0.2) is 42.5 Å². The van der Waals surface area contributed by atoms with Gasteiger partial charge in [-0.25, -0.2) is 0 Å². The van der Waals surface area contributed by atoms with Gasteiger partial charge in [-0.1, -0.05) is 53.0 Å². The maximum Gasteiger partial charge on any atom is 0.0759 e. The molecule has 0 saturated carbocycles. The van der Waals surface area contributed by atoms with Crippen molar-refractivity contribution in [2.45, 2.75) is 6.04 Å². The zero-order chi connectivity index (χ0) is 13.8. The minimum absolute atomic E-state index is 0.105. The van der Waals surface area contributed by atoms with Gasteiger partial charge in [-0.3, -0.25) is 0 Å². The molecule has 0 saturated heterocycles. The second kappa shape index (κ2) is 6.49. The largest absolute Gasteiger partial charge is 0.394 e. The second-order valence-corrected chi connectivity index (χ2v) is 5.25. The summed E-state index contributed by atoms with van der Waals surface area (Å²) in [6.45, 7) is -0.105. The monoisotopic (exact) mass is 315 g/mol. The van der Waals surface area contributed by atoms with Crippen LogP contribution in [0.5, 0.6) is 0 Å². The molecule has 0 spiro atoms. The van der Waals surface area contributed by atoms with Crippen LogP contribution in [-0.2, 0) is 0 Å². The lowest BCUT2D eigenvalue weighted by molar-refractivity contribution is 0.276. The van der Waals surface area contributed by atoms with E-state index in [2.05, 4.69) is 5.32 Å². The van der Waals surface area contributed by atoms with Gasteiger partial charge >= 0.3 is 0 Å². The molecule has 0 amide bonds. The van der Waals surface area contributed by atoms with Crippen molar-refractivity contribution in [1.82, 2.24) is 0 Å². The van der Waals surface area contributed by atoms with Gasteiger partial charge in [0.2, 0.25) is 0 Å². The van der Waals surface area contributed by atoms with Crippen LogP contribution in [0.2, 0.25) is 15.1 Å². The van der Waals surface area contributed by atoms with Crippen LogP contribution in [0.3, 0.4) is 0 Å². The highest BCUT2D eigenvalue weighted by molar-refractivity contribution is 6.42. The lowest BCUT2D eigenvalue weighted by Crippen LogP contribution is -2.15. The fourth-order valence-electron chi connectivity index (χ4n) is 1.79. The Morgan fingerprint density at radius 2 is 1.79 bits per heavy atom. The highest BCUT2D eigenvalue weighted by Gasteiger charge is 2.15. The highest BCUT2D eigenvalue weighted by Crippen LogP contribution is 2.31. The van der Waals surface area contributed by atoms with Crippen LogP contribution < -0.4 is 5.32 Å². The van der Waals surface area contributed by atoms with Crippen molar-refractivity contribution in [1.29, 1.82) is 0 Å². The Hall–Kier alpha value is -0.930. The van der Waals surface area contributed by atoms with Crippen LogP contribution in [0.4, 0.5) is 5.69 Å². The average molecular weight is 317 g/mol. The number of halogens is 3. The van der Waals surface area contributed by atoms with Crippen molar-refractivity contribution in [2.75, 3.05) is 11.9 Å². The molecule has 1 unspecified atom stereocenters. The van der Waals surface area contributed by atoms with Gasteiger partial charge in [-0.05, 0) is 29.8 Å². The Bertz CT molecular complexity index is 574. The van der Waals surface area contributed by atoms with E-state index >= 15 is 0 Å². The molecule has 0 aliphatic carbocycles. The summed E-state index contributed by atoms with van der Waals surface area (Å²) >= 11 is 18.1. The van der Waals surface area contributed by atoms with Gasteiger partial charge in [-0.2, -0.15) is 0 Å². The van der Waals surface area contributed by atoms with Gasteiger partial charge < -0.3 is 10.4 Å². The molecule has 2 aromatic rings. The van der Waals surface area contributed by atoms with Crippen LogP contribution >= 0.6 is 34.8 Å². The summed E-state index contributed by atoms with van der Waals surface area (Å²) in [7, 11) is 0. The summed E-state index contributed by atoms with van der Waals surface area (Å²) in [5.41, 5.74) is 1.55. The summed E-state index contributed by atoms with van der Waals surface area (Å²) in [4.78, 5) is 0. The summed E-state index contributed by atoms with van der Waals surface area (Å²) < 4.78 is 0. The first kappa shape index (κ1) is 14.5. The Kier molecular flexibility index (Phi) is 4.94. The standard InChI is InChI=1S/C14H12Cl3NO/c15-9-3-1-4-10(7-9)18-13(8-19)11-5-2-6-12(16)14(11)17/h1-7,13,18-19H,8H2. The average Bonchev–Trinajstić information content (AvgIpc) is 2.40. The first-order valence-electron chi connectivity index (χ1n) is 5.68. The molecular formula is C14H12Cl3NO. The smallest absolute Gasteiger partial charge is 0.0759 e. The normalized spacial score (nSPS) is 12.2. The predicted molar refractivity (Wildman–Crippen MR) is 81.4 cm³/mol. The van der Waals surface area contributed by atoms with Gasteiger partial charge in [0.05, 0.1) is 22.7 Å². The molecule has 0 heterocycles. The van der Waals surface area contributed by atoms with Gasteiger partial charge in [0.15, 0.2) is 0 Å². The molecule has 0 aliphatic heterocycles. The van der Waals surface area contributed by atoms with E-state index in [0.717, 1.165) is 11.3 Å². The number of aliphatic hydroxyl groups is 1. The molecule has 0 aliphatic rings. The van der Waals surface area contributed by atoms with Gasteiger partial charge in [0.1, 0.15) is 0 Å². The number of rotatable bonds is 4. The Morgan fingerprint density at radius 1 is 1.05 bits per heavy atom. The van der Waals surface area contributed by atoms with Crippen molar-refractivity contribution >= 4 is 40.5 Å². The minimum Gasteiger partial charge on any atom is -0.394 e. The van der Waals surface area contributed by atoms with Gasteiger partial charge in [0.25, 0.3) is 0 Å². The fraction of sp³-hybridized carbons (Fsp3) is 0.143. The van der Waals surface area contributed by atoms with E-state index in [9.17, 15) is 5.11 Å². The van der Waals surface area contributed by atoms with Crippen molar-refractivity contribution in [3.05, 3.63) is 63.1 Å². The number of anilines is 1. The zero-order valence-corrected chi connectivity index (χ0v) is 12.2. The first-order chi connectivity index (χ1) is 9.11. The summed E-state index contributed by atoms with van der Waals surface area (Å²) in [5.74, 6) is 0. The number of hydrogen-bond acceptors (Lipinski definition) is 2. The van der Waals surface area contributed by atoms with Crippen LogP contribution in [0, 0.1) is 0 Å². The number of benzene rings is 2. The molecular weight excluding hydrogens is 305 g/mol. The molecule has 2 N–H and O–H groups in total. The van der Waals surface area contributed by atoms with Crippen molar-refractivity contribution in [2.24, 2.45) is 0 Å². The Morgan fingerprint density at radius 3 is 2.47 bits per heavy atom. The molecule has 1 atom stereocenters. The molecule has 0 fully saturated rings. The molecule has 0 aromatic heterocycles. The van der Waals surface area contributed by atoms with E-state index in [1.165, 1.54) is 0 Å². The van der Waals surface area contributed by atoms with E-state index in [1.807, 2.05) is 18.2 Å². The molecule has 100 valence electrons. The third-order valence-corrected chi connectivity index (χ3v) is 3.77. The van der Waals surface area contributed by atoms with Crippen molar-refractivity contribution in [3.63, 3.8) is 0 Å². The molecule has 0 radical (unpaired) electrons. The lowest BCUT2D eigenvalue weighted by Gasteiger charge is -2.19. The Labute approximate surface area is 126 Å². The van der Waals surface area contributed by atoms with E-state index in [0.29, 0.717) is 15.1 Å². The zero-order valence-electron chi connectivity index (χ0n) is 9.91. The number of hydrogen-bond donors (Lipinski definition) is 2. The molecule has 2 rings (SSSR count). The third kappa shape index (κ3) is 3.54. The van der Waals surface area contributed by atoms with E-state index < -0.39 is 0 Å². The van der Waals surface area contributed by atoms with Crippen molar-refractivity contribution in [3.8, 4) is 0 Å². The third-order valence-electron chi connectivity index (χ3n) is 2.70. The topological polar surface area (TPSA) is 32.3 Å². The molecule has 5 heteroatoms. The van der Waals surface area contributed by atoms with Crippen LogP contribution in [-0.4, -0.2) is 11.7 Å². The summed E-state index contributed by atoms with van der Waals surface area (Å²) in [5, 5.41) is 14.2. The van der Waals surface area contributed by atoms with Crippen LogP contribution in [0.25, 0.3) is 0 Å².